The molecule has 4 nitrogen and oxygen atoms in total. The van der Waals surface area contributed by atoms with Crippen LogP contribution in [0.4, 0.5) is 5.69 Å². The van der Waals surface area contributed by atoms with E-state index in [0.717, 1.165) is 30.2 Å². The first-order valence-electron chi connectivity index (χ1n) is 7.49. The number of sulfonamides is 1. The number of nitrogens with one attached hydrogen (secondary N) is 1. The van der Waals surface area contributed by atoms with Crippen molar-refractivity contribution in [3.63, 3.8) is 0 Å². The molecule has 0 spiro atoms. The average Bonchev–Trinajstić information content (AvgIpc) is 2.68. The Morgan fingerprint density at radius 3 is 2.64 bits per heavy atom. The smallest absolute Gasteiger partial charge is 0.262 e. The molecular weight excluding hydrogens is 314 g/mol. The maximum Gasteiger partial charge on any atom is 0.262 e. The number of anilines is 1. The van der Waals surface area contributed by atoms with Gasteiger partial charge in [-0.05, 0) is 55.6 Å². The van der Waals surface area contributed by atoms with E-state index >= 15 is 0 Å². The van der Waals surface area contributed by atoms with Crippen molar-refractivity contribution in [2.45, 2.75) is 37.4 Å². The quantitative estimate of drug-likeness (QED) is 0.669. The third-order valence-corrected chi connectivity index (χ3v) is 6.23. The predicted molar refractivity (Wildman–Crippen MR) is 92.4 cm³/mol. The van der Waals surface area contributed by atoms with Gasteiger partial charge in [0, 0.05) is 12.0 Å². The van der Waals surface area contributed by atoms with E-state index in [1.807, 2.05) is 24.3 Å². The van der Waals surface area contributed by atoms with Gasteiger partial charge in [0.1, 0.15) is 0 Å². The second-order valence-electron chi connectivity index (χ2n) is 6.62. The van der Waals surface area contributed by atoms with Gasteiger partial charge in [-0.1, -0.05) is 18.2 Å². The van der Waals surface area contributed by atoms with Gasteiger partial charge in [-0.3, -0.25) is 4.72 Å². The van der Waals surface area contributed by atoms with Crippen LogP contribution in [0.5, 0.6) is 0 Å². The van der Waals surface area contributed by atoms with Crippen LogP contribution in [-0.4, -0.2) is 23.3 Å². The van der Waals surface area contributed by atoms with E-state index in [0.29, 0.717) is 10.6 Å². The van der Waals surface area contributed by atoms with Crippen molar-refractivity contribution in [3.05, 3.63) is 35.9 Å². The third-order valence-electron chi connectivity index (χ3n) is 3.75. The molecule has 2 aromatic carbocycles. The first kappa shape index (κ1) is 15.5. The normalized spacial score (nSPS) is 16.0. The zero-order valence-electron chi connectivity index (χ0n) is 13.1. The summed E-state index contributed by atoms with van der Waals surface area (Å²) in [5.41, 5.74) is 1.87. The standard InChI is InChI=1S/C16H21NO3SSi/c1-22(2,3)20-11-5-6-12-9-10-15-16-13(12)7-4-8-14(16)17-21(15,18)19/h4,7-10,17H,5-6,11H2,1-3H3. The molecule has 1 aliphatic heterocycles. The predicted octanol–water partition coefficient (Wildman–Crippen LogP) is 3.74. The van der Waals surface area contributed by atoms with Crippen LogP contribution < -0.4 is 4.72 Å². The van der Waals surface area contributed by atoms with Crippen LogP contribution >= 0.6 is 0 Å². The van der Waals surface area contributed by atoms with Gasteiger partial charge in [0.25, 0.3) is 10.0 Å². The van der Waals surface area contributed by atoms with Gasteiger partial charge in [0.05, 0.1) is 10.6 Å². The molecule has 22 heavy (non-hydrogen) atoms. The maximum absolute atomic E-state index is 12.1. The lowest BCUT2D eigenvalue weighted by Crippen LogP contribution is -2.25. The second kappa shape index (κ2) is 5.37. The van der Waals surface area contributed by atoms with E-state index in [1.165, 1.54) is 5.56 Å². The number of hydrogen-bond acceptors (Lipinski definition) is 3. The van der Waals surface area contributed by atoms with Gasteiger partial charge in [0.2, 0.25) is 0 Å². The monoisotopic (exact) mass is 335 g/mol. The van der Waals surface area contributed by atoms with E-state index in [2.05, 4.69) is 24.4 Å². The highest BCUT2D eigenvalue weighted by atomic mass is 32.2. The van der Waals surface area contributed by atoms with Gasteiger partial charge >= 0.3 is 0 Å². The highest BCUT2D eigenvalue weighted by Crippen LogP contribution is 2.38. The Morgan fingerprint density at radius 1 is 1.14 bits per heavy atom. The minimum Gasteiger partial charge on any atom is -0.418 e. The van der Waals surface area contributed by atoms with Crippen molar-refractivity contribution in [3.8, 4) is 0 Å². The highest BCUT2D eigenvalue weighted by Gasteiger charge is 2.27. The first-order valence-corrected chi connectivity index (χ1v) is 12.4. The van der Waals surface area contributed by atoms with Crippen molar-refractivity contribution >= 4 is 34.8 Å². The summed E-state index contributed by atoms with van der Waals surface area (Å²) in [6.45, 7) is 7.31. The molecule has 0 unspecified atom stereocenters. The zero-order valence-corrected chi connectivity index (χ0v) is 15.0. The van der Waals surface area contributed by atoms with Crippen molar-refractivity contribution in [2.24, 2.45) is 0 Å². The number of benzene rings is 2. The van der Waals surface area contributed by atoms with E-state index < -0.39 is 18.3 Å². The minimum atomic E-state index is -3.39. The average molecular weight is 336 g/mol. The van der Waals surface area contributed by atoms with Crippen molar-refractivity contribution in [2.75, 3.05) is 11.3 Å². The Kier molecular flexibility index (Phi) is 3.78. The summed E-state index contributed by atoms with van der Waals surface area (Å²) in [6, 6.07) is 9.36. The molecule has 0 bridgehead atoms. The zero-order chi connectivity index (χ0) is 16.0. The Hall–Kier alpha value is -1.37. The molecule has 6 heteroatoms. The number of hydrogen-bond donors (Lipinski definition) is 1. The van der Waals surface area contributed by atoms with Crippen molar-refractivity contribution < 1.29 is 12.8 Å². The summed E-state index contributed by atoms with van der Waals surface area (Å²) in [5.74, 6) is 0. The fourth-order valence-electron chi connectivity index (χ4n) is 2.80. The molecule has 0 atom stereocenters. The SMILES string of the molecule is C[Si](C)(C)OCCCc1ccc2c3c(cccc13)NS2(=O)=O. The number of rotatable bonds is 5. The van der Waals surface area contributed by atoms with Crippen LogP contribution in [0.25, 0.3) is 10.8 Å². The Balaban J connectivity index is 1.88. The molecule has 2 aromatic rings. The molecule has 0 fully saturated rings. The van der Waals surface area contributed by atoms with Crippen LogP contribution in [0.15, 0.2) is 35.2 Å². The maximum atomic E-state index is 12.1. The lowest BCUT2D eigenvalue weighted by Gasteiger charge is -2.17. The number of aryl methyl sites for hydroxylation is 1. The summed E-state index contributed by atoms with van der Waals surface area (Å²) >= 11 is 0. The molecule has 3 rings (SSSR count). The molecule has 1 heterocycles. The van der Waals surface area contributed by atoms with Gasteiger partial charge in [-0.2, -0.15) is 0 Å². The lowest BCUT2D eigenvalue weighted by atomic mass is 10.00. The molecule has 1 N–H and O–H groups in total. The van der Waals surface area contributed by atoms with E-state index in [9.17, 15) is 8.42 Å². The van der Waals surface area contributed by atoms with Gasteiger partial charge in [0.15, 0.2) is 8.32 Å². The highest BCUT2D eigenvalue weighted by molar-refractivity contribution is 7.93. The molecule has 118 valence electrons. The van der Waals surface area contributed by atoms with E-state index in [-0.39, 0.29) is 0 Å². The molecule has 0 radical (unpaired) electrons. The Labute approximate surface area is 132 Å². The van der Waals surface area contributed by atoms with Crippen LogP contribution in [-0.2, 0) is 20.9 Å². The van der Waals surface area contributed by atoms with Crippen LogP contribution in [0.3, 0.4) is 0 Å². The lowest BCUT2D eigenvalue weighted by molar-refractivity contribution is 0.305. The van der Waals surface area contributed by atoms with Crippen molar-refractivity contribution in [1.82, 2.24) is 0 Å². The summed E-state index contributed by atoms with van der Waals surface area (Å²) in [4.78, 5) is 0.389. The Morgan fingerprint density at radius 2 is 1.91 bits per heavy atom. The third kappa shape index (κ3) is 2.91. The van der Waals surface area contributed by atoms with Gasteiger partial charge < -0.3 is 4.43 Å². The first-order chi connectivity index (χ1) is 10.3. The summed E-state index contributed by atoms with van der Waals surface area (Å²) in [5, 5.41) is 1.85. The largest absolute Gasteiger partial charge is 0.418 e. The van der Waals surface area contributed by atoms with Crippen molar-refractivity contribution in [1.29, 1.82) is 0 Å². The Bertz CT molecular complexity index is 825. The molecule has 1 aliphatic rings. The summed E-state index contributed by atoms with van der Waals surface area (Å²) < 4.78 is 32.7. The van der Waals surface area contributed by atoms with E-state index in [1.54, 1.807) is 6.07 Å². The summed E-state index contributed by atoms with van der Waals surface area (Å²) in [7, 11) is -4.85. The molecule has 0 aliphatic carbocycles. The fourth-order valence-corrected chi connectivity index (χ4v) is 4.86. The molecule has 0 aromatic heterocycles. The molecule has 0 saturated heterocycles. The van der Waals surface area contributed by atoms with Gasteiger partial charge in [-0.25, -0.2) is 8.42 Å². The van der Waals surface area contributed by atoms with E-state index in [4.69, 9.17) is 4.43 Å². The fraction of sp³-hybridized carbons (Fsp3) is 0.375. The molecule has 0 amide bonds. The topological polar surface area (TPSA) is 55.4 Å². The summed E-state index contributed by atoms with van der Waals surface area (Å²) in [6.07, 6.45) is 1.84. The van der Waals surface area contributed by atoms with Crippen LogP contribution in [0, 0.1) is 0 Å². The van der Waals surface area contributed by atoms with Crippen LogP contribution in [0.1, 0.15) is 12.0 Å². The minimum absolute atomic E-state index is 0.389. The second-order valence-corrected chi connectivity index (χ2v) is 12.8. The molecular formula is C16H21NO3SSi. The molecule has 0 saturated carbocycles. The van der Waals surface area contributed by atoms with Crippen LogP contribution in [0.2, 0.25) is 19.6 Å². The van der Waals surface area contributed by atoms with Gasteiger partial charge in [-0.15, -0.1) is 0 Å².